The molecule has 1 atom stereocenters. The molecule has 3 aromatic carbocycles. The first kappa shape index (κ1) is 26.6. The van der Waals surface area contributed by atoms with Crippen molar-refractivity contribution in [3.8, 4) is 0 Å². The van der Waals surface area contributed by atoms with Crippen LogP contribution in [0.5, 0.6) is 0 Å². The molecular formula is C29H25Cl2N3O5. The molecule has 2 heterocycles. The number of benzene rings is 3. The molecule has 0 saturated heterocycles. The first-order valence-electron chi connectivity index (χ1n) is 12.1. The number of ether oxygens (including phenoxy) is 1. The van der Waals surface area contributed by atoms with E-state index in [1.807, 2.05) is 0 Å². The minimum atomic E-state index is -1.39. The van der Waals surface area contributed by atoms with E-state index in [-0.39, 0.29) is 17.7 Å². The lowest BCUT2D eigenvalue weighted by atomic mass is 9.80. The zero-order valence-corrected chi connectivity index (χ0v) is 22.9. The van der Waals surface area contributed by atoms with Gasteiger partial charge in [-0.15, -0.1) is 0 Å². The third-order valence-corrected chi connectivity index (χ3v) is 6.93. The van der Waals surface area contributed by atoms with Crippen molar-refractivity contribution in [2.75, 3.05) is 22.1 Å². The SMILES string of the molecule is CC(C)(C)OC(=O)Nc1cccc(C(=O)C2=C(O)C(=O)N(c3cccc(Cl)c3)C23CNc2cc(Cl)ccc23)c1. The molecule has 39 heavy (non-hydrogen) atoms. The van der Waals surface area contributed by atoms with Crippen LogP contribution in [0.25, 0.3) is 0 Å². The largest absolute Gasteiger partial charge is 0.503 e. The van der Waals surface area contributed by atoms with Gasteiger partial charge in [0, 0.05) is 44.8 Å². The highest BCUT2D eigenvalue weighted by molar-refractivity contribution is 6.31. The number of Topliss-reactive ketones (excluding diaryl/α,β-unsaturated/α-hetero) is 1. The van der Waals surface area contributed by atoms with Gasteiger partial charge in [0.15, 0.2) is 11.5 Å². The Labute approximate surface area is 235 Å². The number of amides is 2. The van der Waals surface area contributed by atoms with Crippen LogP contribution in [0.3, 0.4) is 0 Å². The third-order valence-electron chi connectivity index (χ3n) is 6.46. The summed E-state index contributed by atoms with van der Waals surface area (Å²) < 4.78 is 5.30. The number of carbonyl (C=O) groups excluding carboxylic acids is 3. The van der Waals surface area contributed by atoms with E-state index in [0.29, 0.717) is 32.7 Å². The Morgan fingerprint density at radius 2 is 1.74 bits per heavy atom. The van der Waals surface area contributed by atoms with E-state index in [2.05, 4.69) is 10.6 Å². The topological polar surface area (TPSA) is 108 Å². The van der Waals surface area contributed by atoms with Crippen molar-refractivity contribution >= 4 is 58.0 Å². The number of aliphatic hydroxyl groups is 1. The Bertz CT molecular complexity index is 1560. The lowest BCUT2D eigenvalue weighted by molar-refractivity contribution is -0.117. The van der Waals surface area contributed by atoms with Crippen LogP contribution in [-0.4, -0.2) is 35.0 Å². The predicted molar refractivity (Wildman–Crippen MR) is 151 cm³/mol. The van der Waals surface area contributed by atoms with Crippen molar-refractivity contribution in [1.82, 2.24) is 0 Å². The summed E-state index contributed by atoms with van der Waals surface area (Å²) in [5.41, 5.74) is -0.0947. The zero-order chi connectivity index (χ0) is 28.1. The summed E-state index contributed by atoms with van der Waals surface area (Å²) in [6, 6.07) is 18.0. The van der Waals surface area contributed by atoms with Crippen LogP contribution in [0.4, 0.5) is 21.9 Å². The number of fused-ring (bicyclic) bond motifs is 2. The number of carbonyl (C=O) groups is 3. The summed E-state index contributed by atoms with van der Waals surface area (Å²) in [5, 5.41) is 17.9. The first-order valence-corrected chi connectivity index (χ1v) is 12.9. The molecule has 0 bridgehead atoms. The van der Waals surface area contributed by atoms with Crippen molar-refractivity contribution in [3.05, 3.63) is 99.2 Å². The Hall–Kier alpha value is -4.01. The van der Waals surface area contributed by atoms with Crippen LogP contribution < -0.4 is 15.5 Å². The van der Waals surface area contributed by atoms with Gasteiger partial charge in [-0.05, 0) is 63.2 Å². The maximum Gasteiger partial charge on any atom is 0.412 e. The molecule has 0 aromatic heterocycles. The molecule has 200 valence electrons. The van der Waals surface area contributed by atoms with Gasteiger partial charge < -0.3 is 15.2 Å². The van der Waals surface area contributed by atoms with Crippen molar-refractivity contribution in [2.24, 2.45) is 0 Å². The average Bonchev–Trinajstić information content (AvgIpc) is 3.31. The van der Waals surface area contributed by atoms with Crippen molar-refractivity contribution < 1.29 is 24.2 Å². The van der Waals surface area contributed by atoms with Gasteiger partial charge >= 0.3 is 6.09 Å². The molecule has 2 aliphatic heterocycles. The average molecular weight is 566 g/mol. The normalized spacial score (nSPS) is 18.3. The summed E-state index contributed by atoms with van der Waals surface area (Å²) >= 11 is 12.5. The number of hydrogen-bond donors (Lipinski definition) is 3. The van der Waals surface area contributed by atoms with Crippen molar-refractivity contribution in [2.45, 2.75) is 31.9 Å². The van der Waals surface area contributed by atoms with Crippen LogP contribution in [-0.2, 0) is 15.1 Å². The van der Waals surface area contributed by atoms with Gasteiger partial charge in [-0.1, -0.05) is 47.5 Å². The van der Waals surface area contributed by atoms with Gasteiger partial charge in [0.25, 0.3) is 5.91 Å². The fraction of sp³-hybridized carbons (Fsp3) is 0.207. The smallest absolute Gasteiger partial charge is 0.412 e. The Balaban J connectivity index is 1.62. The number of hydrogen-bond acceptors (Lipinski definition) is 6. The summed E-state index contributed by atoms with van der Waals surface area (Å²) in [4.78, 5) is 41.5. The highest BCUT2D eigenvalue weighted by Gasteiger charge is 2.59. The molecule has 0 radical (unpaired) electrons. The van der Waals surface area contributed by atoms with E-state index >= 15 is 0 Å². The molecule has 2 amide bonds. The Morgan fingerprint density at radius 1 is 1.03 bits per heavy atom. The van der Waals surface area contributed by atoms with Crippen molar-refractivity contribution in [1.29, 1.82) is 0 Å². The van der Waals surface area contributed by atoms with Gasteiger partial charge in [-0.2, -0.15) is 0 Å². The monoisotopic (exact) mass is 565 g/mol. The van der Waals surface area contributed by atoms with E-state index < -0.39 is 34.7 Å². The lowest BCUT2D eigenvalue weighted by Crippen LogP contribution is -2.49. The summed E-state index contributed by atoms with van der Waals surface area (Å²) in [6.45, 7) is 5.32. The maximum absolute atomic E-state index is 14.1. The van der Waals surface area contributed by atoms with Crippen LogP contribution in [0.2, 0.25) is 10.0 Å². The molecule has 0 aliphatic carbocycles. The number of nitrogens with zero attached hydrogens (tertiary/aromatic N) is 1. The van der Waals surface area contributed by atoms with Crippen LogP contribution >= 0.6 is 23.2 Å². The van der Waals surface area contributed by atoms with Gasteiger partial charge in [0.05, 0.1) is 5.57 Å². The molecule has 10 heteroatoms. The molecule has 8 nitrogen and oxygen atoms in total. The molecule has 0 saturated carbocycles. The van der Waals surface area contributed by atoms with E-state index in [1.54, 1.807) is 81.4 Å². The summed E-state index contributed by atoms with van der Waals surface area (Å²) in [7, 11) is 0. The van der Waals surface area contributed by atoms with E-state index in [0.717, 1.165) is 0 Å². The second kappa shape index (κ2) is 9.63. The molecule has 1 unspecified atom stereocenters. The van der Waals surface area contributed by atoms with E-state index in [1.165, 1.54) is 11.0 Å². The quantitative estimate of drug-likeness (QED) is 0.303. The molecule has 5 rings (SSSR count). The van der Waals surface area contributed by atoms with Crippen molar-refractivity contribution in [3.63, 3.8) is 0 Å². The highest BCUT2D eigenvalue weighted by Crippen LogP contribution is 2.52. The Morgan fingerprint density at radius 3 is 2.46 bits per heavy atom. The number of anilines is 3. The molecule has 3 aromatic rings. The van der Waals surface area contributed by atoms with Gasteiger partial charge in [-0.25, -0.2) is 4.79 Å². The minimum Gasteiger partial charge on any atom is -0.503 e. The lowest BCUT2D eigenvalue weighted by Gasteiger charge is -2.37. The second-order valence-corrected chi connectivity index (χ2v) is 11.2. The van der Waals surface area contributed by atoms with E-state index in [4.69, 9.17) is 27.9 Å². The van der Waals surface area contributed by atoms with Crippen LogP contribution in [0, 0.1) is 0 Å². The fourth-order valence-corrected chi connectivity index (χ4v) is 5.37. The summed E-state index contributed by atoms with van der Waals surface area (Å²) in [5.74, 6) is -1.99. The van der Waals surface area contributed by atoms with Gasteiger partial charge in [0.2, 0.25) is 0 Å². The Kier molecular flexibility index (Phi) is 6.56. The second-order valence-electron chi connectivity index (χ2n) is 10.3. The molecule has 1 spiro atoms. The number of nitrogens with one attached hydrogen (secondary N) is 2. The molecule has 3 N–H and O–H groups in total. The van der Waals surface area contributed by atoms with Gasteiger partial charge in [0.1, 0.15) is 11.1 Å². The number of aliphatic hydroxyl groups excluding tert-OH is 1. The van der Waals surface area contributed by atoms with Crippen LogP contribution in [0.15, 0.2) is 78.1 Å². The number of halogens is 2. The number of rotatable bonds is 4. The molecule has 0 fully saturated rings. The third kappa shape index (κ3) is 4.70. The zero-order valence-electron chi connectivity index (χ0n) is 21.3. The molecule has 2 aliphatic rings. The minimum absolute atomic E-state index is 0.0991. The van der Waals surface area contributed by atoms with Crippen LogP contribution in [0.1, 0.15) is 36.7 Å². The first-order chi connectivity index (χ1) is 18.4. The maximum atomic E-state index is 14.1. The standard InChI is InChI=1S/C29H25Cl2N3O5/c1-28(2,3)39-27(38)33-19-8-4-6-16(12-19)24(35)23-25(36)26(37)34(20-9-5-7-17(30)13-20)29(23)15-32-22-14-18(31)10-11-21(22)29/h4-14,32,36H,15H2,1-3H3,(H,33,38). The predicted octanol–water partition coefficient (Wildman–Crippen LogP) is 6.70. The van der Waals surface area contributed by atoms with Gasteiger partial charge in [-0.3, -0.25) is 19.8 Å². The number of ketones is 1. The molecular weight excluding hydrogens is 541 g/mol. The fourth-order valence-electron chi connectivity index (χ4n) is 5.01. The van der Waals surface area contributed by atoms with E-state index in [9.17, 15) is 19.5 Å². The summed E-state index contributed by atoms with van der Waals surface area (Å²) in [6.07, 6.45) is -0.681. The highest BCUT2D eigenvalue weighted by atomic mass is 35.5.